The normalized spacial score (nSPS) is 15.8. The second-order valence-corrected chi connectivity index (χ2v) is 3.67. The Kier molecular flexibility index (Phi) is 2.56. The maximum atomic E-state index is 5.73. The van der Waals surface area contributed by atoms with E-state index in [1.165, 1.54) is 12.8 Å². The van der Waals surface area contributed by atoms with E-state index in [0.29, 0.717) is 11.9 Å². The fourth-order valence-electron chi connectivity index (χ4n) is 1.03. The van der Waals surface area contributed by atoms with Gasteiger partial charge in [0.1, 0.15) is 5.82 Å². The first-order chi connectivity index (χ1) is 6.29. The van der Waals surface area contributed by atoms with Gasteiger partial charge in [-0.3, -0.25) is 0 Å². The van der Waals surface area contributed by atoms with Gasteiger partial charge in [0.15, 0.2) is 0 Å². The van der Waals surface area contributed by atoms with Crippen LogP contribution >= 0.6 is 23.2 Å². The molecule has 1 N–H and O–H groups in total. The molecule has 1 aromatic rings. The molecule has 0 amide bonds. The lowest BCUT2D eigenvalue weighted by atomic mass is 10.3. The van der Waals surface area contributed by atoms with Gasteiger partial charge in [-0.15, -0.1) is 11.6 Å². The molecule has 3 nitrogen and oxygen atoms in total. The third-order valence-electron chi connectivity index (χ3n) is 1.90. The van der Waals surface area contributed by atoms with Gasteiger partial charge in [-0.25, -0.2) is 9.97 Å². The fourth-order valence-corrected chi connectivity index (χ4v) is 1.36. The molecule has 0 spiro atoms. The van der Waals surface area contributed by atoms with E-state index in [1.54, 1.807) is 6.20 Å². The molecule has 2 rings (SSSR count). The van der Waals surface area contributed by atoms with Crippen LogP contribution in [0.15, 0.2) is 6.20 Å². The molecule has 70 valence electrons. The fraction of sp³-hybridized carbons (Fsp3) is 0.500. The number of hydrogen-bond acceptors (Lipinski definition) is 3. The Bertz CT molecular complexity index is 312. The Labute approximate surface area is 86.5 Å². The van der Waals surface area contributed by atoms with Crippen molar-refractivity contribution in [1.29, 1.82) is 0 Å². The van der Waals surface area contributed by atoms with Crippen LogP contribution in [0.2, 0.25) is 5.28 Å². The molecule has 1 aliphatic carbocycles. The molecule has 1 saturated carbocycles. The average Bonchev–Trinajstić information content (AvgIpc) is 2.89. The summed E-state index contributed by atoms with van der Waals surface area (Å²) in [5.74, 6) is 1.18. The zero-order chi connectivity index (χ0) is 9.26. The van der Waals surface area contributed by atoms with Crippen LogP contribution < -0.4 is 5.32 Å². The van der Waals surface area contributed by atoms with Gasteiger partial charge < -0.3 is 5.32 Å². The Morgan fingerprint density at radius 3 is 2.92 bits per heavy atom. The van der Waals surface area contributed by atoms with Gasteiger partial charge in [-0.2, -0.15) is 0 Å². The number of halogens is 2. The minimum absolute atomic E-state index is 0.261. The highest BCUT2D eigenvalue weighted by molar-refractivity contribution is 6.28. The summed E-state index contributed by atoms with van der Waals surface area (Å²) in [6.07, 6.45) is 4.06. The molecule has 0 aromatic carbocycles. The maximum absolute atomic E-state index is 5.73. The summed E-state index contributed by atoms with van der Waals surface area (Å²) in [6, 6.07) is 0.549. The SMILES string of the molecule is ClCc1cnc(Cl)nc1NC1CC1. The number of nitrogens with one attached hydrogen (secondary N) is 1. The van der Waals surface area contributed by atoms with E-state index in [9.17, 15) is 0 Å². The summed E-state index contributed by atoms with van der Waals surface area (Å²) in [5.41, 5.74) is 0.901. The molecular formula is C8H9Cl2N3. The van der Waals surface area contributed by atoms with E-state index in [-0.39, 0.29) is 5.28 Å². The van der Waals surface area contributed by atoms with E-state index in [4.69, 9.17) is 23.2 Å². The van der Waals surface area contributed by atoms with Gasteiger partial charge in [0.25, 0.3) is 0 Å². The van der Waals surface area contributed by atoms with E-state index in [2.05, 4.69) is 15.3 Å². The summed E-state index contributed by atoms with van der Waals surface area (Å²) >= 11 is 11.4. The summed E-state index contributed by atoms with van der Waals surface area (Å²) < 4.78 is 0. The summed E-state index contributed by atoms with van der Waals surface area (Å²) in [7, 11) is 0. The number of nitrogens with zero attached hydrogens (tertiary/aromatic N) is 2. The monoisotopic (exact) mass is 217 g/mol. The Balaban J connectivity index is 2.22. The molecule has 0 bridgehead atoms. The third-order valence-corrected chi connectivity index (χ3v) is 2.37. The molecule has 1 heterocycles. The van der Waals surface area contributed by atoms with Crippen molar-refractivity contribution in [1.82, 2.24) is 9.97 Å². The van der Waals surface area contributed by atoms with E-state index >= 15 is 0 Å². The zero-order valence-corrected chi connectivity index (χ0v) is 8.44. The summed E-state index contributed by atoms with van der Waals surface area (Å²) in [5, 5.41) is 3.52. The molecule has 1 aromatic heterocycles. The second kappa shape index (κ2) is 3.68. The van der Waals surface area contributed by atoms with Gasteiger partial charge in [-0.1, -0.05) is 0 Å². The van der Waals surface area contributed by atoms with Crippen molar-refractivity contribution in [2.45, 2.75) is 24.8 Å². The highest BCUT2D eigenvalue weighted by Gasteiger charge is 2.22. The predicted octanol–water partition coefficient (Wildman–Crippen LogP) is 2.44. The Morgan fingerprint density at radius 2 is 2.31 bits per heavy atom. The van der Waals surface area contributed by atoms with Gasteiger partial charge in [-0.05, 0) is 24.4 Å². The second-order valence-electron chi connectivity index (χ2n) is 3.07. The molecule has 0 saturated heterocycles. The number of rotatable bonds is 3. The van der Waals surface area contributed by atoms with Crippen LogP contribution in [0, 0.1) is 0 Å². The molecule has 0 atom stereocenters. The molecule has 5 heteroatoms. The average molecular weight is 218 g/mol. The van der Waals surface area contributed by atoms with E-state index < -0.39 is 0 Å². The van der Waals surface area contributed by atoms with Crippen LogP contribution in [-0.2, 0) is 5.88 Å². The van der Waals surface area contributed by atoms with Gasteiger partial charge >= 0.3 is 0 Å². The largest absolute Gasteiger partial charge is 0.367 e. The third kappa shape index (κ3) is 2.23. The highest BCUT2D eigenvalue weighted by Crippen LogP contribution is 2.26. The van der Waals surface area contributed by atoms with Crippen LogP contribution in [0.5, 0.6) is 0 Å². The van der Waals surface area contributed by atoms with Crippen molar-refractivity contribution < 1.29 is 0 Å². The van der Waals surface area contributed by atoms with Gasteiger partial charge in [0.2, 0.25) is 5.28 Å². The first-order valence-corrected chi connectivity index (χ1v) is 5.05. The van der Waals surface area contributed by atoms with Crippen molar-refractivity contribution in [3.05, 3.63) is 17.0 Å². The van der Waals surface area contributed by atoms with Crippen molar-refractivity contribution in [3.63, 3.8) is 0 Å². The van der Waals surface area contributed by atoms with Crippen molar-refractivity contribution in [2.75, 3.05) is 5.32 Å². The number of anilines is 1. The Hall–Kier alpha value is -0.540. The highest BCUT2D eigenvalue weighted by atomic mass is 35.5. The smallest absolute Gasteiger partial charge is 0.224 e. The molecule has 0 unspecified atom stereocenters. The predicted molar refractivity (Wildman–Crippen MR) is 53.2 cm³/mol. The van der Waals surface area contributed by atoms with Crippen LogP contribution in [0.25, 0.3) is 0 Å². The van der Waals surface area contributed by atoms with E-state index in [1.807, 2.05) is 0 Å². The minimum Gasteiger partial charge on any atom is -0.367 e. The van der Waals surface area contributed by atoms with Crippen molar-refractivity contribution >= 4 is 29.0 Å². The van der Waals surface area contributed by atoms with Crippen molar-refractivity contribution in [3.8, 4) is 0 Å². The lowest BCUT2D eigenvalue weighted by Crippen LogP contribution is -2.06. The first kappa shape index (κ1) is 9.03. The quantitative estimate of drug-likeness (QED) is 0.625. The Morgan fingerprint density at radius 1 is 1.54 bits per heavy atom. The molecule has 0 radical (unpaired) electrons. The number of alkyl halides is 1. The number of hydrogen-bond donors (Lipinski definition) is 1. The molecule has 13 heavy (non-hydrogen) atoms. The van der Waals surface area contributed by atoms with Crippen LogP contribution in [-0.4, -0.2) is 16.0 Å². The van der Waals surface area contributed by atoms with Crippen LogP contribution in [0.1, 0.15) is 18.4 Å². The minimum atomic E-state index is 0.261. The lowest BCUT2D eigenvalue weighted by molar-refractivity contribution is 1.05. The van der Waals surface area contributed by atoms with Gasteiger partial charge in [0.05, 0.1) is 5.88 Å². The maximum Gasteiger partial charge on any atom is 0.224 e. The molecule has 1 fully saturated rings. The molecule has 1 aliphatic rings. The van der Waals surface area contributed by atoms with Gasteiger partial charge in [0, 0.05) is 17.8 Å². The van der Waals surface area contributed by atoms with E-state index in [0.717, 1.165) is 11.4 Å². The zero-order valence-electron chi connectivity index (χ0n) is 6.93. The van der Waals surface area contributed by atoms with Crippen LogP contribution in [0.3, 0.4) is 0 Å². The van der Waals surface area contributed by atoms with Crippen molar-refractivity contribution in [2.24, 2.45) is 0 Å². The first-order valence-electron chi connectivity index (χ1n) is 4.13. The summed E-state index contributed by atoms with van der Waals surface area (Å²) in [4.78, 5) is 7.95. The lowest BCUT2D eigenvalue weighted by Gasteiger charge is -2.07. The van der Waals surface area contributed by atoms with Crippen LogP contribution in [0.4, 0.5) is 5.82 Å². The number of aromatic nitrogens is 2. The standard InChI is InChI=1S/C8H9Cl2N3/c9-3-5-4-11-8(10)13-7(5)12-6-1-2-6/h4,6H,1-3H2,(H,11,12,13). The topological polar surface area (TPSA) is 37.8 Å². The molecule has 0 aliphatic heterocycles. The molecular weight excluding hydrogens is 209 g/mol. The summed E-state index contributed by atoms with van der Waals surface area (Å²) in [6.45, 7) is 0.